The second kappa shape index (κ2) is 8.97. The molecular formula is C17H36N2. The molecule has 1 aliphatic rings. The van der Waals surface area contributed by atoms with Crippen LogP contribution in [-0.4, -0.2) is 37.1 Å². The van der Waals surface area contributed by atoms with E-state index in [0.29, 0.717) is 0 Å². The standard InChI is InChI=1S/C17H36N2/c1-14(2)13-18-10-6-7-16(5)19-11-8-17(9-12-19)15(3)4/h14-18H,6-13H2,1-5H3. The lowest BCUT2D eigenvalue weighted by Crippen LogP contribution is -2.41. The molecule has 1 N–H and O–H groups in total. The summed E-state index contributed by atoms with van der Waals surface area (Å²) in [5, 5.41) is 3.55. The molecule has 0 amide bonds. The van der Waals surface area contributed by atoms with Crippen LogP contribution in [0.2, 0.25) is 0 Å². The third kappa shape index (κ3) is 6.76. The number of hydrogen-bond donors (Lipinski definition) is 1. The summed E-state index contributed by atoms with van der Waals surface area (Å²) in [5.41, 5.74) is 0. The monoisotopic (exact) mass is 268 g/mol. The molecule has 19 heavy (non-hydrogen) atoms. The van der Waals surface area contributed by atoms with E-state index in [-0.39, 0.29) is 0 Å². The van der Waals surface area contributed by atoms with Gasteiger partial charge in [0.25, 0.3) is 0 Å². The fourth-order valence-corrected chi connectivity index (χ4v) is 3.12. The molecule has 0 radical (unpaired) electrons. The molecule has 0 spiro atoms. The lowest BCUT2D eigenvalue weighted by atomic mass is 9.86. The largest absolute Gasteiger partial charge is 0.316 e. The predicted molar refractivity (Wildman–Crippen MR) is 85.5 cm³/mol. The molecule has 0 aliphatic carbocycles. The van der Waals surface area contributed by atoms with Crippen molar-refractivity contribution in [2.45, 2.75) is 66.3 Å². The van der Waals surface area contributed by atoms with Crippen molar-refractivity contribution in [2.75, 3.05) is 26.2 Å². The molecule has 0 aromatic rings. The van der Waals surface area contributed by atoms with Gasteiger partial charge in [0.05, 0.1) is 0 Å². The van der Waals surface area contributed by atoms with Crippen LogP contribution in [0.3, 0.4) is 0 Å². The van der Waals surface area contributed by atoms with Crippen LogP contribution in [-0.2, 0) is 0 Å². The smallest absolute Gasteiger partial charge is 0.00674 e. The summed E-state index contributed by atoms with van der Waals surface area (Å²) in [6.07, 6.45) is 5.48. The first-order valence-corrected chi connectivity index (χ1v) is 8.45. The summed E-state index contributed by atoms with van der Waals surface area (Å²) in [6, 6.07) is 0.772. The van der Waals surface area contributed by atoms with Gasteiger partial charge in [-0.2, -0.15) is 0 Å². The van der Waals surface area contributed by atoms with Gasteiger partial charge in [-0.05, 0) is 76.5 Å². The summed E-state index contributed by atoms with van der Waals surface area (Å²) in [5.74, 6) is 2.61. The summed E-state index contributed by atoms with van der Waals surface area (Å²) in [4.78, 5) is 2.71. The van der Waals surface area contributed by atoms with Crippen molar-refractivity contribution in [1.82, 2.24) is 10.2 Å². The molecule has 1 unspecified atom stereocenters. The molecule has 0 saturated carbocycles. The summed E-state index contributed by atoms with van der Waals surface area (Å²) >= 11 is 0. The van der Waals surface area contributed by atoms with E-state index < -0.39 is 0 Å². The molecule has 1 fully saturated rings. The van der Waals surface area contributed by atoms with Crippen LogP contribution in [0.25, 0.3) is 0 Å². The Hall–Kier alpha value is -0.0800. The topological polar surface area (TPSA) is 15.3 Å². The average Bonchev–Trinajstić information content (AvgIpc) is 2.37. The lowest BCUT2D eigenvalue weighted by Gasteiger charge is -2.37. The zero-order chi connectivity index (χ0) is 14.3. The van der Waals surface area contributed by atoms with Crippen molar-refractivity contribution < 1.29 is 0 Å². The molecule has 1 rings (SSSR count). The number of nitrogens with one attached hydrogen (secondary N) is 1. The van der Waals surface area contributed by atoms with Crippen molar-refractivity contribution in [2.24, 2.45) is 17.8 Å². The molecule has 0 aromatic heterocycles. The zero-order valence-corrected chi connectivity index (χ0v) is 13.9. The normalized spacial score (nSPS) is 20.4. The van der Waals surface area contributed by atoms with Crippen molar-refractivity contribution in [1.29, 1.82) is 0 Å². The quantitative estimate of drug-likeness (QED) is 0.674. The maximum absolute atomic E-state index is 3.55. The molecule has 1 atom stereocenters. The van der Waals surface area contributed by atoms with Crippen molar-refractivity contribution >= 4 is 0 Å². The minimum Gasteiger partial charge on any atom is -0.316 e. The average molecular weight is 268 g/mol. The number of piperidine rings is 1. The third-order valence-electron chi connectivity index (χ3n) is 4.67. The first-order valence-electron chi connectivity index (χ1n) is 8.45. The van der Waals surface area contributed by atoms with Crippen molar-refractivity contribution in [3.63, 3.8) is 0 Å². The van der Waals surface area contributed by atoms with E-state index in [2.05, 4.69) is 44.8 Å². The highest BCUT2D eigenvalue weighted by Crippen LogP contribution is 2.26. The third-order valence-corrected chi connectivity index (χ3v) is 4.67. The zero-order valence-electron chi connectivity index (χ0n) is 13.9. The fraction of sp³-hybridized carbons (Fsp3) is 1.00. The van der Waals surface area contributed by atoms with Crippen LogP contribution in [0.4, 0.5) is 0 Å². The van der Waals surface area contributed by atoms with Gasteiger partial charge in [0, 0.05) is 6.04 Å². The number of hydrogen-bond acceptors (Lipinski definition) is 2. The Morgan fingerprint density at radius 1 is 1.05 bits per heavy atom. The Bertz CT molecular complexity index is 217. The Balaban J connectivity index is 2.09. The van der Waals surface area contributed by atoms with E-state index in [1.807, 2.05) is 0 Å². The molecule has 2 nitrogen and oxygen atoms in total. The molecule has 114 valence electrons. The summed E-state index contributed by atoms with van der Waals surface area (Å²) < 4.78 is 0. The predicted octanol–water partition coefficient (Wildman–Crippen LogP) is 3.77. The van der Waals surface area contributed by atoms with Crippen LogP contribution in [0.5, 0.6) is 0 Å². The van der Waals surface area contributed by atoms with E-state index in [1.54, 1.807) is 0 Å². The minimum atomic E-state index is 0.771. The molecular weight excluding hydrogens is 232 g/mol. The SMILES string of the molecule is CC(C)CNCCCC(C)N1CCC(C(C)C)CC1. The van der Waals surface area contributed by atoms with Crippen LogP contribution >= 0.6 is 0 Å². The number of likely N-dealkylation sites (tertiary alicyclic amines) is 1. The highest BCUT2D eigenvalue weighted by molar-refractivity contribution is 4.77. The number of rotatable bonds is 8. The minimum absolute atomic E-state index is 0.771. The Morgan fingerprint density at radius 3 is 2.21 bits per heavy atom. The van der Waals surface area contributed by atoms with E-state index >= 15 is 0 Å². The van der Waals surface area contributed by atoms with E-state index in [0.717, 1.165) is 30.3 Å². The van der Waals surface area contributed by atoms with Crippen LogP contribution in [0.15, 0.2) is 0 Å². The molecule has 2 heteroatoms. The molecule has 0 aromatic carbocycles. The van der Waals surface area contributed by atoms with Gasteiger partial charge in [-0.3, -0.25) is 0 Å². The van der Waals surface area contributed by atoms with Gasteiger partial charge in [-0.25, -0.2) is 0 Å². The summed E-state index contributed by atoms with van der Waals surface area (Å²) in [6.45, 7) is 16.7. The first-order chi connectivity index (χ1) is 9.00. The Morgan fingerprint density at radius 2 is 1.68 bits per heavy atom. The lowest BCUT2D eigenvalue weighted by molar-refractivity contribution is 0.116. The maximum atomic E-state index is 3.55. The summed E-state index contributed by atoms with van der Waals surface area (Å²) in [7, 11) is 0. The maximum Gasteiger partial charge on any atom is 0.00674 e. The van der Waals surface area contributed by atoms with E-state index in [1.165, 1.54) is 45.3 Å². The van der Waals surface area contributed by atoms with E-state index in [9.17, 15) is 0 Å². The van der Waals surface area contributed by atoms with Gasteiger partial charge in [0.15, 0.2) is 0 Å². The highest BCUT2D eigenvalue weighted by Gasteiger charge is 2.23. The van der Waals surface area contributed by atoms with Gasteiger partial charge >= 0.3 is 0 Å². The second-order valence-corrected chi connectivity index (χ2v) is 7.21. The van der Waals surface area contributed by atoms with Gasteiger partial charge in [0.2, 0.25) is 0 Å². The van der Waals surface area contributed by atoms with Gasteiger partial charge in [-0.15, -0.1) is 0 Å². The molecule has 1 saturated heterocycles. The van der Waals surface area contributed by atoms with E-state index in [4.69, 9.17) is 0 Å². The fourth-order valence-electron chi connectivity index (χ4n) is 3.12. The first kappa shape index (κ1) is 17.0. The van der Waals surface area contributed by atoms with Gasteiger partial charge in [-0.1, -0.05) is 27.7 Å². The van der Waals surface area contributed by atoms with Crippen LogP contribution < -0.4 is 5.32 Å². The van der Waals surface area contributed by atoms with Gasteiger partial charge < -0.3 is 10.2 Å². The molecule has 0 bridgehead atoms. The second-order valence-electron chi connectivity index (χ2n) is 7.21. The molecule has 1 heterocycles. The van der Waals surface area contributed by atoms with Crippen LogP contribution in [0.1, 0.15) is 60.3 Å². The Kier molecular flexibility index (Phi) is 8.01. The van der Waals surface area contributed by atoms with Gasteiger partial charge in [0.1, 0.15) is 0 Å². The highest BCUT2D eigenvalue weighted by atomic mass is 15.2. The van der Waals surface area contributed by atoms with Crippen molar-refractivity contribution in [3.05, 3.63) is 0 Å². The van der Waals surface area contributed by atoms with Crippen LogP contribution in [0, 0.1) is 17.8 Å². The number of nitrogens with zero attached hydrogens (tertiary/aromatic N) is 1. The Labute approximate surface area is 121 Å². The molecule has 1 aliphatic heterocycles. The van der Waals surface area contributed by atoms with Crippen molar-refractivity contribution in [3.8, 4) is 0 Å².